The lowest BCUT2D eigenvalue weighted by Gasteiger charge is -2.34. The second-order valence-corrected chi connectivity index (χ2v) is 22.7. The van der Waals surface area contributed by atoms with Crippen molar-refractivity contribution < 1.29 is 114 Å². The van der Waals surface area contributed by atoms with Crippen LogP contribution in [0.25, 0.3) is 43.1 Å². The zero-order chi connectivity index (χ0) is 71.7. The topological polar surface area (TPSA) is 322 Å². The van der Waals surface area contributed by atoms with E-state index in [2.05, 4.69) is 13.2 Å². The first-order chi connectivity index (χ1) is 47.9. The Morgan fingerprint density at radius 2 is 0.590 bits per heavy atom. The summed E-state index contributed by atoms with van der Waals surface area (Å²) in [7, 11) is 4.64. The van der Waals surface area contributed by atoms with Crippen LogP contribution in [0.15, 0.2) is 146 Å². The van der Waals surface area contributed by atoms with Crippen molar-refractivity contribution in [3.63, 3.8) is 0 Å². The van der Waals surface area contributed by atoms with Crippen LogP contribution in [0.5, 0.6) is 46.0 Å². The van der Waals surface area contributed by atoms with Crippen LogP contribution >= 0.6 is 0 Å². The molecule has 100 heavy (non-hydrogen) atoms. The third kappa shape index (κ3) is 12.7. The summed E-state index contributed by atoms with van der Waals surface area (Å²) in [6.45, 7) is 10.5. The molecule has 2 unspecified atom stereocenters. The lowest BCUT2D eigenvalue weighted by atomic mass is 9.80. The monoisotopic (exact) mass is 1360 g/mol. The molecule has 2 heterocycles. The molecule has 0 aliphatic carbocycles. The maximum Gasteiger partial charge on any atom is 0.337 e. The molecular formula is C74H58N2O24. The van der Waals surface area contributed by atoms with Gasteiger partial charge < -0.3 is 56.8 Å². The molecule has 508 valence electrons. The number of hydrogen-bond acceptors (Lipinski definition) is 24. The molecule has 0 aromatic heterocycles. The predicted octanol–water partition coefficient (Wildman–Crippen LogP) is 11.3. The van der Waals surface area contributed by atoms with E-state index in [4.69, 9.17) is 56.8 Å². The molecule has 2 atom stereocenters. The summed E-state index contributed by atoms with van der Waals surface area (Å²) in [5.41, 5.74) is -1.16. The fourth-order valence-corrected chi connectivity index (χ4v) is 11.5. The third-order valence-electron chi connectivity index (χ3n) is 16.2. The molecule has 0 N–H and O–H groups in total. The predicted molar refractivity (Wildman–Crippen MR) is 352 cm³/mol. The van der Waals surface area contributed by atoms with Gasteiger partial charge in [0.2, 0.25) is 0 Å². The largest absolute Gasteiger partial charge is 0.465 e. The molecule has 2 aliphatic heterocycles. The Hall–Kier alpha value is -13.0. The van der Waals surface area contributed by atoms with E-state index in [1.54, 1.807) is 0 Å². The lowest BCUT2D eigenvalue weighted by molar-refractivity contribution is -0.153. The van der Waals surface area contributed by atoms with Crippen molar-refractivity contribution in [3.8, 4) is 46.0 Å². The number of nitrogens with zero attached hydrogens (tertiary/aromatic N) is 2. The van der Waals surface area contributed by atoms with Gasteiger partial charge in [0.15, 0.2) is 0 Å². The highest BCUT2D eigenvalue weighted by Gasteiger charge is 2.45. The minimum Gasteiger partial charge on any atom is -0.465 e. The van der Waals surface area contributed by atoms with E-state index in [0.717, 1.165) is 28.4 Å². The van der Waals surface area contributed by atoms with Gasteiger partial charge in [0.1, 0.15) is 84.5 Å². The Bertz CT molecular complexity index is 4500. The quantitative estimate of drug-likeness (QED) is 0.0103. The molecule has 2 aliphatic rings. The zero-order valence-electron chi connectivity index (χ0n) is 54.6. The normalized spacial score (nSPS) is 12.9. The second kappa shape index (κ2) is 28.0. The average Bonchev–Trinajstić information content (AvgIpc) is 0.672. The summed E-state index contributed by atoms with van der Waals surface area (Å²) >= 11 is 0. The Morgan fingerprint density at radius 1 is 0.350 bits per heavy atom. The van der Waals surface area contributed by atoms with Crippen LogP contribution in [0.1, 0.15) is 111 Å². The number of methoxy groups -OCH3 is 4. The minimum atomic E-state index is -1.72. The number of imide groups is 2. The fraction of sp³-hybridized carbons (Fsp3) is 0.189. The number of rotatable bonds is 24. The molecular weight excluding hydrogens is 1300 g/mol. The van der Waals surface area contributed by atoms with Gasteiger partial charge in [-0.3, -0.25) is 29.0 Å². The van der Waals surface area contributed by atoms with Gasteiger partial charge in [-0.1, -0.05) is 37.4 Å². The number of carbonyl (C=O) groups is 12. The number of ether oxygens (including phenoxy) is 12. The van der Waals surface area contributed by atoms with Crippen molar-refractivity contribution >= 4 is 114 Å². The number of carbonyl (C=O) groups excluding carboxylic acids is 12. The van der Waals surface area contributed by atoms with Crippen molar-refractivity contribution in [2.75, 3.05) is 54.9 Å². The van der Waals surface area contributed by atoms with Crippen LogP contribution < -0.4 is 18.9 Å². The van der Waals surface area contributed by atoms with E-state index in [-0.39, 0.29) is 145 Å². The van der Waals surface area contributed by atoms with Gasteiger partial charge in [-0.2, -0.15) is 0 Å². The van der Waals surface area contributed by atoms with Crippen molar-refractivity contribution in [3.05, 3.63) is 190 Å². The van der Waals surface area contributed by atoms with E-state index < -0.39 is 110 Å². The smallest absolute Gasteiger partial charge is 0.337 e. The maximum atomic E-state index is 15.8. The van der Waals surface area contributed by atoms with E-state index >= 15 is 19.2 Å². The SMILES string of the molecule is C=C(C)C(=O)OCCOC(=O)C(C)N1C(=O)c2cc(Oc3cccc(C(=O)OC)c3)c3c4c(Oc5cccc(C(=O)OC)c5)cc5c6c(cc(Oc7cccc(C(=O)OC)c7)c(c7c(Oc8cccc(C(=O)OC)c8)cc(c2c37)C1=O)c64)C(=O)N(C(C)C(=O)OCCOC(=O)C(=C)C)C5=O. The molecule has 9 aromatic rings. The molecule has 11 rings (SSSR count). The summed E-state index contributed by atoms with van der Waals surface area (Å²) in [5, 5.41) is -0.769. The van der Waals surface area contributed by atoms with Gasteiger partial charge in [0, 0.05) is 54.2 Å². The minimum absolute atomic E-state index is 0.0134. The van der Waals surface area contributed by atoms with Crippen molar-refractivity contribution in [1.29, 1.82) is 0 Å². The molecule has 26 nitrogen and oxygen atoms in total. The molecule has 0 fully saturated rings. The third-order valence-corrected chi connectivity index (χ3v) is 16.2. The molecule has 0 saturated heterocycles. The van der Waals surface area contributed by atoms with Crippen LogP contribution in [0.3, 0.4) is 0 Å². The molecule has 0 bridgehead atoms. The van der Waals surface area contributed by atoms with E-state index in [1.165, 1.54) is 149 Å². The highest BCUT2D eigenvalue weighted by Crippen LogP contribution is 2.58. The van der Waals surface area contributed by atoms with Crippen LogP contribution in [-0.2, 0) is 57.1 Å². The van der Waals surface area contributed by atoms with E-state index in [9.17, 15) is 38.4 Å². The van der Waals surface area contributed by atoms with Gasteiger partial charge in [0.05, 0.1) is 72.9 Å². The Morgan fingerprint density at radius 3 is 0.820 bits per heavy atom. The Balaban J connectivity index is 1.30. The summed E-state index contributed by atoms with van der Waals surface area (Å²) < 4.78 is 69.1. The first kappa shape index (κ1) is 68.4. The maximum absolute atomic E-state index is 15.8. The number of hydrogen-bond donors (Lipinski definition) is 0. The van der Waals surface area contributed by atoms with Gasteiger partial charge in [-0.25, -0.2) is 38.4 Å². The Labute approximate surface area is 567 Å². The van der Waals surface area contributed by atoms with Crippen LogP contribution in [0.2, 0.25) is 0 Å². The van der Waals surface area contributed by atoms with Crippen LogP contribution in [-0.4, -0.2) is 148 Å². The lowest BCUT2D eigenvalue weighted by Crippen LogP contribution is -2.50. The van der Waals surface area contributed by atoms with Gasteiger partial charge in [-0.15, -0.1) is 0 Å². The molecule has 0 radical (unpaired) electrons. The zero-order valence-corrected chi connectivity index (χ0v) is 54.6. The second-order valence-electron chi connectivity index (χ2n) is 22.7. The van der Waals surface area contributed by atoms with Gasteiger partial charge in [-0.05, 0) is 125 Å². The van der Waals surface area contributed by atoms with Crippen molar-refractivity contribution in [2.24, 2.45) is 0 Å². The Kier molecular flexibility index (Phi) is 19.1. The number of benzene rings is 9. The molecule has 4 amide bonds. The molecule has 9 aromatic carbocycles. The van der Waals surface area contributed by atoms with Gasteiger partial charge in [0.25, 0.3) is 23.6 Å². The highest BCUT2D eigenvalue weighted by atomic mass is 16.6. The first-order valence-electron chi connectivity index (χ1n) is 30.4. The van der Waals surface area contributed by atoms with Crippen LogP contribution in [0.4, 0.5) is 0 Å². The van der Waals surface area contributed by atoms with E-state index in [1.807, 2.05) is 0 Å². The van der Waals surface area contributed by atoms with Crippen LogP contribution in [0, 0.1) is 0 Å². The average molecular weight is 1360 g/mol. The molecule has 0 saturated carbocycles. The van der Waals surface area contributed by atoms with Crippen molar-refractivity contribution in [2.45, 2.75) is 39.8 Å². The first-order valence-corrected chi connectivity index (χ1v) is 30.4. The number of fused-ring (bicyclic) bond motifs is 2. The van der Waals surface area contributed by atoms with Crippen molar-refractivity contribution in [1.82, 2.24) is 9.80 Å². The highest BCUT2D eigenvalue weighted by molar-refractivity contribution is 6.45. The summed E-state index contributed by atoms with van der Waals surface area (Å²) in [6, 6.07) is 24.3. The molecule has 0 spiro atoms. The fourth-order valence-electron chi connectivity index (χ4n) is 11.5. The van der Waals surface area contributed by atoms with Gasteiger partial charge >= 0.3 is 47.8 Å². The summed E-state index contributed by atoms with van der Waals surface area (Å²) in [4.78, 5) is 170. The summed E-state index contributed by atoms with van der Waals surface area (Å²) in [6.07, 6.45) is 0. The summed E-state index contributed by atoms with van der Waals surface area (Å²) in [5.74, 6) is -12.8. The number of esters is 8. The molecule has 26 heteroatoms. The standard InChI is InChI=1S/C74H58N2O24/c1-35(2)67(81)93-23-25-95-69(83)37(5)75-63(77)47-31-51(97-43-19-11-15-39(27-43)71(85)89-7)57-59-53(99-45-21-13-17-41(29-45)73(87)91-9)33-49-56-50(66(80)76(65(49)79)38(6)70(84)96-26-24-94-68(82)36(3)4)34-54(100-46-22-14-18-42(30-46)74(88)92-10)60(62(56)59)58-52(32-48(64(75)78)55(47)61(57)58)98-44-20-12-16-40(28-44)72(86)90-8/h11-22,27-34,37-38H,1,3,23-26H2,2,4-10H3. The van der Waals surface area contributed by atoms with E-state index in [0.29, 0.717) is 9.80 Å². The number of amides is 4.